The lowest BCUT2D eigenvalue weighted by Crippen LogP contribution is -2.42. The average Bonchev–Trinajstić information content (AvgIpc) is 2.94. The summed E-state index contributed by atoms with van der Waals surface area (Å²) in [5, 5.41) is 0.901. The molecule has 1 aliphatic heterocycles. The molecule has 0 radical (unpaired) electrons. The third-order valence-corrected chi connectivity index (χ3v) is 5.37. The largest absolute Gasteiger partial charge is 0.444 e. The van der Waals surface area contributed by atoms with Gasteiger partial charge in [0, 0.05) is 25.2 Å². The zero-order valence-corrected chi connectivity index (χ0v) is 17.4. The van der Waals surface area contributed by atoms with Gasteiger partial charge in [-0.05, 0) is 55.8 Å². The second kappa shape index (κ2) is 7.15. The molecule has 8 heteroatoms. The first-order chi connectivity index (χ1) is 11.8. The number of aromatic nitrogens is 3. The molecule has 25 heavy (non-hydrogen) atoms. The van der Waals surface area contributed by atoms with E-state index in [4.69, 9.17) is 9.72 Å². The number of amides is 1. The Morgan fingerprint density at radius 2 is 2.20 bits per heavy atom. The van der Waals surface area contributed by atoms with Crippen LogP contribution in [0.3, 0.4) is 0 Å². The number of hydrogen-bond donors (Lipinski definition) is 0. The number of ether oxygens (including phenoxy) is 1. The van der Waals surface area contributed by atoms with E-state index in [1.165, 1.54) is 0 Å². The number of rotatable bonds is 2. The molecule has 3 rings (SSSR count). The van der Waals surface area contributed by atoms with Crippen LogP contribution in [0.4, 0.5) is 4.79 Å². The Bertz CT molecular complexity index is 787. The molecule has 1 unspecified atom stereocenters. The smallest absolute Gasteiger partial charge is 0.410 e. The Morgan fingerprint density at radius 3 is 2.88 bits per heavy atom. The normalized spacial score (nSPS) is 18.6. The fourth-order valence-electron chi connectivity index (χ4n) is 2.99. The predicted molar refractivity (Wildman–Crippen MR) is 102 cm³/mol. The molecule has 2 aromatic heterocycles. The van der Waals surface area contributed by atoms with Gasteiger partial charge < -0.3 is 9.64 Å². The summed E-state index contributed by atoms with van der Waals surface area (Å²) in [4.78, 5) is 23.4. The minimum atomic E-state index is -0.477. The van der Waals surface area contributed by atoms with Gasteiger partial charge in [0.2, 0.25) is 0 Å². The van der Waals surface area contributed by atoms with Gasteiger partial charge in [-0.25, -0.2) is 14.8 Å². The van der Waals surface area contributed by atoms with Gasteiger partial charge in [-0.15, -0.1) is 11.8 Å². The van der Waals surface area contributed by atoms with Crippen molar-refractivity contribution in [2.24, 2.45) is 0 Å². The van der Waals surface area contributed by atoms with E-state index in [-0.39, 0.29) is 12.0 Å². The number of nitrogens with zero attached hydrogens (tertiary/aromatic N) is 4. The summed E-state index contributed by atoms with van der Waals surface area (Å²) >= 11 is 5.12. The minimum Gasteiger partial charge on any atom is -0.444 e. The number of piperidine rings is 1. The number of halogens is 1. The topological polar surface area (TPSA) is 59.7 Å². The van der Waals surface area contributed by atoms with Crippen molar-refractivity contribution in [3.05, 3.63) is 22.7 Å². The molecule has 1 amide bonds. The molecule has 0 aliphatic carbocycles. The SMILES string of the molecule is CSc1nc(C2CCCN(C(=O)OC(C)(C)C)C2)cn2c(Br)cnc12. The second-order valence-electron chi connectivity index (χ2n) is 7.22. The van der Waals surface area contributed by atoms with Gasteiger partial charge in [0.25, 0.3) is 0 Å². The average molecular weight is 427 g/mol. The van der Waals surface area contributed by atoms with Gasteiger partial charge in [0.15, 0.2) is 5.65 Å². The van der Waals surface area contributed by atoms with Crippen LogP contribution < -0.4 is 0 Å². The summed E-state index contributed by atoms with van der Waals surface area (Å²) in [5.41, 5.74) is 1.36. The van der Waals surface area contributed by atoms with E-state index in [2.05, 4.69) is 20.9 Å². The Balaban J connectivity index is 1.85. The van der Waals surface area contributed by atoms with Crippen molar-refractivity contribution in [1.29, 1.82) is 0 Å². The van der Waals surface area contributed by atoms with Crippen LogP contribution in [0.15, 0.2) is 22.0 Å². The third-order valence-electron chi connectivity index (χ3n) is 4.12. The first kappa shape index (κ1) is 18.5. The molecule has 0 N–H and O–H groups in total. The zero-order valence-electron chi connectivity index (χ0n) is 15.0. The quantitative estimate of drug-likeness (QED) is 0.668. The van der Waals surface area contributed by atoms with Crippen molar-refractivity contribution in [3.63, 3.8) is 0 Å². The number of imidazole rings is 1. The van der Waals surface area contributed by atoms with Crippen molar-refractivity contribution < 1.29 is 9.53 Å². The Hall–Kier alpha value is -1.28. The predicted octanol–water partition coefficient (Wildman–Crippen LogP) is 4.33. The lowest BCUT2D eigenvalue weighted by Gasteiger charge is -2.34. The Labute approximate surface area is 160 Å². The molecular weight excluding hydrogens is 404 g/mol. The number of hydrogen-bond acceptors (Lipinski definition) is 5. The van der Waals surface area contributed by atoms with Crippen molar-refractivity contribution in [2.45, 2.75) is 50.2 Å². The number of likely N-dealkylation sites (tertiary alicyclic amines) is 1. The van der Waals surface area contributed by atoms with E-state index < -0.39 is 5.60 Å². The molecule has 1 saturated heterocycles. The lowest BCUT2D eigenvalue weighted by atomic mass is 9.95. The van der Waals surface area contributed by atoms with E-state index in [1.807, 2.05) is 37.6 Å². The highest BCUT2D eigenvalue weighted by molar-refractivity contribution is 9.10. The van der Waals surface area contributed by atoms with Crippen LogP contribution in [0.5, 0.6) is 0 Å². The van der Waals surface area contributed by atoms with E-state index in [0.29, 0.717) is 6.54 Å². The first-order valence-electron chi connectivity index (χ1n) is 8.34. The summed E-state index contributed by atoms with van der Waals surface area (Å²) in [6.07, 6.45) is 7.53. The van der Waals surface area contributed by atoms with Crippen LogP contribution >= 0.6 is 27.7 Å². The van der Waals surface area contributed by atoms with Crippen LogP contribution in [0.25, 0.3) is 5.65 Å². The Morgan fingerprint density at radius 1 is 1.44 bits per heavy atom. The molecular formula is C17H23BrN4O2S. The standard InChI is InChI=1S/C17H23BrN4O2S/c1-17(2,3)24-16(23)21-7-5-6-11(9-21)12-10-22-13(18)8-19-14(22)15(20-12)25-4/h8,10-11H,5-7,9H2,1-4H3. The van der Waals surface area contributed by atoms with Crippen LogP contribution in [-0.2, 0) is 4.74 Å². The molecule has 1 atom stereocenters. The van der Waals surface area contributed by atoms with Gasteiger partial charge >= 0.3 is 6.09 Å². The number of fused-ring (bicyclic) bond motifs is 1. The molecule has 2 aromatic rings. The first-order valence-corrected chi connectivity index (χ1v) is 10.4. The molecule has 1 aliphatic rings. The molecule has 136 valence electrons. The molecule has 0 aromatic carbocycles. The molecule has 3 heterocycles. The molecule has 1 fully saturated rings. The van der Waals surface area contributed by atoms with Gasteiger partial charge in [-0.2, -0.15) is 0 Å². The minimum absolute atomic E-state index is 0.200. The van der Waals surface area contributed by atoms with Crippen molar-refractivity contribution in [3.8, 4) is 0 Å². The van der Waals surface area contributed by atoms with Crippen molar-refractivity contribution in [1.82, 2.24) is 19.3 Å². The fraction of sp³-hybridized carbons (Fsp3) is 0.588. The van der Waals surface area contributed by atoms with Gasteiger partial charge in [0.05, 0.1) is 11.9 Å². The monoisotopic (exact) mass is 426 g/mol. The Kier molecular flexibility index (Phi) is 5.29. The van der Waals surface area contributed by atoms with Crippen LogP contribution in [0, 0.1) is 0 Å². The maximum Gasteiger partial charge on any atom is 0.410 e. The van der Waals surface area contributed by atoms with E-state index in [0.717, 1.165) is 40.4 Å². The summed E-state index contributed by atoms with van der Waals surface area (Å²) in [5.74, 6) is 0.200. The zero-order chi connectivity index (χ0) is 18.2. The van der Waals surface area contributed by atoms with E-state index in [1.54, 1.807) is 22.9 Å². The van der Waals surface area contributed by atoms with E-state index >= 15 is 0 Å². The highest BCUT2D eigenvalue weighted by atomic mass is 79.9. The number of thioether (sulfide) groups is 1. The lowest BCUT2D eigenvalue weighted by molar-refractivity contribution is 0.0197. The van der Waals surface area contributed by atoms with E-state index in [9.17, 15) is 4.79 Å². The summed E-state index contributed by atoms with van der Waals surface area (Å²) in [6, 6.07) is 0. The van der Waals surface area contributed by atoms with Crippen LogP contribution in [0.2, 0.25) is 0 Å². The summed E-state index contributed by atoms with van der Waals surface area (Å²) < 4.78 is 8.44. The van der Waals surface area contributed by atoms with Crippen molar-refractivity contribution >= 4 is 39.4 Å². The molecule has 0 spiro atoms. The third kappa shape index (κ3) is 4.11. The molecule has 0 bridgehead atoms. The van der Waals surface area contributed by atoms with Crippen LogP contribution in [-0.4, -0.2) is 50.3 Å². The second-order valence-corrected chi connectivity index (χ2v) is 8.82. The summed E-state index contributed by atoms with van der Waals surface area (Å²) in [6.45, 7) is 7.04. The maximum absolute atomic E-state index is 12.4. The van der Waals surface area contributed by atoms with Gasteiger partial charge in [-0.3, -0.25) is 4.40 Å². The van der Waals surface area contributed by atoms with Gasteiger partial charge in [0.1, 0.15) is 15.2 Å². The molecule has 6 nitrogen and oxygen atoms in total. The summed E-state index contributed by atoms with van der Waals surface area (Å²) in [7, 11) is 0. The van der Waals surface area contributed by atoms with Crippen LogP contribution in [0.1, 0.15) is 45.2 Å². The number of carbonyl (C=O) groups excluding carboxylic acids is 1. The highest BCUT2D eigenvalue weighted by Crippen LogP contribution is 2.30. The fourth-order valence-corrected chi connectivity index (χ4v) is 3.90. The van der Waals surface area contributed by atoms with Crippen molar-refractivity contribution in [2.75, 3.05) is 19.3 Å². The highest BCUT2D eigenvalue weighted by Gasteiger charge is 2.29. The maximum atomic E-state index is 12.4. The number of carbonyl (C=O) groups is 1. The molecule has 0 saturated carbocycles. The van der Waals surface area contributed by atoms with Gasteiger partial charge in [-0.1, -0.05) is 0 Å².